The Bertz CT molecular complexity index is 695. The van der Waals surface area contributed by atoms with Crippen molar-refractivity contribution in [1.82, 2.24) is 20.6 Å². The van der Waals surface area contributed by atoms with Gasteiger partial charge >= 0.3 is 0 Å². The summed E-state index contributed by atoms with van der Waals surface area (Å²) in [5.74, 6) is 0.628. The zero-order valence-electron chi connectivity index (χ0n) is 15.5. The number of nitrogens with zero attached hydrogens (tertiary/aromatic N) is 2. The first-order valence-corrected chi connectivity index (χ1v) is 9.55. The van der Waals surface area contributed by atoms with E-state index >= 15 is 0 Å². The van der Waals surface area contributed by atoms with E-state index in [0.717, 1.165) is 55.6 Å². The number of aryl methyl sites for hydroxylation is 2. The molecule has 1 unspecified atom stereocenters. The minimum absolute atomic E-state index is 0.0530. The Labute approximate surface area is 154 Å². The molecule has 1 fully saturated rings. The summed E-state index contributed by atoms with van der Waals surface area (Å²) >= 11 is 0. The van der Waals surface area contributed by atoms with Gasteiger partial charge in [0.1, 0.15) is 5.82 Å². The van der Waals surface area contributed by atoms with Crippen LogP contribution in [0.1, 0.15) is 55.6 Å². The van der Waals surface area contributed by atoms with Crippen molar-refractivity contribution in [2.24, 2.45) is 5.92 Å². The van der Waals surface area contributed by atoms with Gasteiger partial charge in [-0.2, -0.15) is 0 Å². The molecule has 0 saturated heterocycles. The number of hydrogen-bond donors (Lipinski definition) is 2. The summed E-state index contributed by atoms with van der Waals surface area (Å²) in [4.78, 5) is 33.3. The minimum Gasteiger partial charge on any atom is -0.350 e. The number of aromatic nitrogens is 2. The van der Waals surface area contributed by atoms with Gasteiger partial charge in [-0.3, -0.25) is 9.59 Å². The van der Waals surface area contributed by atoms with E-state index in [-0.39, 0.29) is 23.3 Å². The van der Waals surface area contributed by atoms with E-state index in [4.69, 9.17) is 0 Å². The van der Waals surface area contributed by atoms with Crippen molar-refractivity contribution in [2.45, 2.75) is 63.8 Å². The SMILES string of the molecule is C=CC(=O)NCC1(NC(=O)C2CCc3nc(C)ncc3C2)CCCCC1. The first kappa shape index (κ1) is 18.5. The monoisotopic (exact) mass is 356 g/mol. The Morgan fingerprint density at radius 2 is 2.12 bits per heavy atom. The largest absolute Gasteiger partial charge is 0.350 e. The Hall–Kier alpha value is -2.24. The summed E-state index contributed by atoms with van der Waals surface area (Å²) in [5, 5.41) is 6.18. The lowest BCUT2D eigenvalue weighted by Crippen LogP contribution is -2.58. The van der Waals surface area contributed by atoms with E-state index in [0.29, 0.717) is 13.0 Å². The highest BCUT2D eigenvalue weighted by Crippen LogP contribution is 2.30. The second-order valence-electron chi connectivity index (χ2n) is 7.58. The van der Waals surface area contributed by atoms with E-state index in [9.17, 15) is 9.59 Å². The summed E-state index contributed by atoms with van der Waals surface area (Å²) in [6, 6.07) is 0. The molecule has 1 aromatic rings. The summed E-state index contributed by atoms with van der Waals surface area (Å²) < 4.78 is 0. The average Bonchev–Trinajstić information content (AvgIpc) is 2.66. The molecule has 0 aromatic carbocycles. The number of nitrogens with one attached hydrogen (secondary N) is 2. The second kappa shape index (κ2) is 7.98. The van der Waals surface area contributed by atoms with Crippen molar-refractivity contribution >= 4 is 11.8 Å². The van der Waals surface area contributed by atoms with Crippen LogP contribution in [0.5, 0.6) is 0 Å². The van der Waals surface area contributed by atoms with Gasteiger partial charge in [-0.25, -0.2) is 9.97 Å². The van der Waals surface area contributed by atoms with Crippen LogP contribution in [-0.4, -0.2) is 33.9 Å². The Morgan fingerprint density at radius 3 is 2.85 bits per heavy atom. The first-order chi connectivity index (χ1) is 12.5. The molecule has 2 amide bonds. The number of carbonyl (C=O) groups is 2. The van der Waals surface area contributed by atoms with Gasteiger partial charge in [0.05, 0.1) is 5.54 Å². The van der Waals surface area contributed by atoms with Crippen LogP contribution in [0.3, 0.4) is 0 Å². The van der Waals surface area contributed by atoms with Gasteiger partial charge in [0.25, 0.3) is 0 Å². The molecule has 1 atom stereocenters. The van der Waals surface area contributed by atoms with E-state index in [1.54, 1.807) is 0 Å². The standard InChI is InChI=1S/C20H28N4O2/c1-3-18(25)22-13-20(9-5-4-6-10-20)24-19(26)15-7-8-17-16(11-15)12-21-14(2)23-17/h3,12,15H,1,4-11,13H2,2H3,(H,22,25)(H,24,26). The third kappa shape index (κ3) is 4.29. The van der Waals surface area contributed by atoms with Crippen LogP contribution in [0.4, 0.5) is 0 Å². The van der Waals surface area contributed by atoms with Crippen molar-refractivity contribution in [3.63, 3.8) is 0 Å². The maximum atomic E-state index is 13.0. The smallest absolute Gasteiger partial charge is 0.243 e. The maximum absolute atomic E-state index is 13.0. The lowest BCUT2D eigenvalue weighted by molar-refractivity contribution is -0.128. The topological polar surface area (TPSA) is 84.0 Å². The molecule has 0 bridgehead atoms. The second-order valence-corrected chi connectivity index (χ2v) is 7.58. The lowest BCUT2D eigenvalue weighted by Gasteiger charge is -2.39. The number of rotatable bonds is 5. The number of carbonyl (C=O) groups excluding carboxylic acids is 2. The lowest BCUT2D eigenvalue weighted by atomic mass is 9.80. The quantitative estimate of drug-likeness (QED) is 0.791. The molecule has 140 valence electrons. The van der Waals surface area contributed by atoms with E-state index in [2.05, 4.69) is 27.2 Å². The van der Waals surface area contributed by atoms with Crippen LogP contribution < -0.4 is 10.6 Å². The minimum atomic E-state index is -0.335. The zero-order valence-corrected chi connectivity index (χ0v) is 15.5. The third-order valence-corrected chi connectivity index (χ3v) is 5.63. The van der Waals surface area contributed by atoms with Gasteiger partial charge in [0.2, 0.25) is 11.8 Å². The van der Waals surface area contributed by atoms with Gasteiger partial charge < -0.3 is 10.6 Å². The molecule has 0 radical (unpaired) electrons. The zero-order chi connectivity index (χ0) is 18.6. The highest BCUT2D eigenvalue weighted by atomic mass is 16.2. The van der Waals surface area contributed by atoms with Crippen LogP contribution in [0.15, 0.2) is 18.9 Å². The number of amides is 2. The van der Waals surface area contributed by atoms with Crippen molar-refractivity contribution < 1.29 is 9.59 Å². The normalized spacial score (nSPS) is 21.3. The van der Waals surface area contributed by atoms with Crippen LogP contribution in [0, 0.1) is 12.8 Å². The van der Waals surface area contributed by atoms with Crippen molar-refractivity contribution in [1.29, 1.82) is 0 Å². The molecular weight excluding hydrogens is 328 g/mol. The molecule has 3 rings (SSSR count). The molecule has 0 aliphatic heterocycles. The van der Waals surface area contributed by atoms with Crippen molar-refractivity contribution in [3.8, 4) is 0 Å². The van der Waals surface area contributed by atoms with E-state index < -0.39 is 0 Å². The predicted octanol–water partition coefficient (Wildman–Crippen LogP) is 2.01. The Balaban J connectivity index is 1.66. The molecule has 26 heavy (non-hydrogen) atoms. The van der Waals surface area contributed by atoms with E-state index in [1.165, 1.54) is 12.5 Å². The molecule has 2 N–H and O–H groups in total. The van der Waals surface area contributed by atoms with Gasteiger partial charge in [-0.05, 0) is 50.7 Å². The molecule has 6 heteroatoms. The predicted molar refractivity (Wildman–Crippen MR) is 99.4 cm³/mol. The Morgan fingerprint density at radius 1 is 1.35 bits per heavy atom. The fourth-order valence-electron chi connectivity index (χ4n) is 4.10. The van der Waals surface area contributed by atoms with Crippen LogP contribution in [-0.2, 0) is 22.4 Å². The number of fused-ring (bicyclic) bond motifs is 1. The van der Waals surface area contributed by atoms with Gasteiger partial charge in [-0.1, -0.05) is 25.8 Å². The molecule has 2 aliphatic carbocycles. The van der Waals surface area contributed by atoms with Gasteiger partial charge in [0.15, 0.2) is 0 Å². The molecule has 1 aromatic heterocycles. The molecule has 1 saturated carbocycles. The highest BCUT2D eigenvalue weighted by molar-refractivity contribution is 5.87. The van der Waals surface area contributed by atoms with Gasteiger partial charge in [-0.15, -0.1) is 0 Å². The average molecular weight is 356 g/mol. The first-order valence-electron chi connectivity index (χ1n) is 9.55. The van der Waals surface area contributed by atoms with Crippen LogP contribution in [0.25, 0.3) is 0 Å². The summed E-state index contributed by atoms with van der Waals surface area (Å²) in [6.07, 6.45) is 10.6. The molecule has 6 nitrogen and oxygen atoms in total. The third-order valence-electron chi connectivity index (χ3n) is 5.63. The van der Waals surface area contributed by atoms with Gasteiger partial charge in [0, 0.05) is 24.4 Å². The van der Waals surface area contributed by atoms with E-state index in [1.807, 2.05) is 13.1 Å². The fourth-order valence-corrected chi connectivity index (χ4v) is 4.10. The maximum Gasteiger partial charge on any atom is 0.243 e. The molecule has 0 spiro atoms. The summed E-state index contributed by atoms with van der Waals surface area (Å²) in [7, 11) is 0. The molecule has 1 heterocycles. The fraction of sp³-hybridized carbons (Fsp3) is 0.600. The van der Waals surface area contributed by atoms with Crippen LogP contribution >= 0.6 is 0 Å². The summed E-state index contributed by atoms with van der Waals surface area (Å²) in [5.41, 5.74) is 1.82. The number of hydrogen-bond acceptors (Lipinski definition) is 4. The van der Waals surface area contributed by atoms with Crippen molar-refractivity contribution in [3.05, 3.63) is 35.9 Å². The van der Waals surface area contributed by atoms with Crippen molar-refractivity contribution in [2.75, 3.05) is 6.54 Å². The highest BCUT2D eigenvalue weighted by Gasteiger charge is 2.36. The summed E-state index contributed by atoms with van der Waals surface area (Å²) in [6.45, 7) is 5.86. The molecule has 2 aliphatic rings. The Kier molecular flexibility index (Phi) is 5.69. The molecular formula is C20H28N4O2. The van der Waals surface area contributed by atoms with Crippen LogP contribution in [0.2, 0.25) is 0 Å².